The van der Waals surface area contributed by atoms with Gasteiger partial charge in [0.05, 0.1) is 0 Å². The molecule has 0 saturated heterocycles. The van der Waals surface area contributed by atoms with Crippen LogP contribution < -0.4 is 10.6 Å². The summed E-state index contributed by atoms with van der Waals surface area (Å²) in [4.78, 5) is 11.7. The molecule has 1 amide bonds. The van der Waals surface area contributed by atoms with Gasteiger partial charge in [-0.05, 0) is 52.9 Å². The first-order chi connectivity index (χ1) is 9.26. The maximum atomic E-state index is 11.7. The lowest BCUT2D eigenvalue weighted by molar-refractivity contribution is 0.0507. The van der Waals surface area contributed by atoms with Crippen LogP contribution >= 0.6 is 0 Å². The molecule has 0 radical (unpaired) electrons. The predicted molar refractivity (Wildman–Crippen MR) is 82.9 cm³/mol. The van der Waals surface area contributed by atoms with E-state index in [0.29, 0.717) is 6.04 Å². The topological polar surface area (TPSA) is 50.4 Å². The zero-order chi connectivity index (χ0) is 15.2. The second kappa shape index (κ2) is 7.87. The molecule has 3 unspecified atom stereocenters. The van der Waals surface area contributed by atoms with E-state index in [4.69, 9.17) is 4.74 Å². The molecule has 0 heterocycles. The summed E-state index contributed by atoms with van der Waals surface area (Å²) in [7, 11) is 0. The maximum absolute atomic E-state index is 11.7. The number of carbonyl (C=O) groups excluding carboxylic acids is 1. The van der Waals surface area contributed by atoms with E-state index in [2.05, 4.69) is 17.6 Å². The van der Waals surface area contributed by atoms with Gasteiger partial charge in [0.1, 0.15) is 5.60 Å². The van der Waals surface area contributed by atoms with E-state index in [-0.39, 0.29) is 12.1 Å². The van der Waals surface area contributed by atoms with Crippen molar-refractivity contribution in [2.75, 3.05) is 6.54 Å². The van der Waals surface area contributed by atoms with Gasteiger partial charge in [0.25, 0.3) is 0 Å². The minimum atomic E-state index is -0.436. The average Bonchev–Trinajstić information content (AvgIpc) is 2.48. The molecule has 0 spiro atoms. The van der Waals surface area contributed by atoms with Gasteiger partial charge in [-0.15, -0.1) is 0 Å². The fraction of sp³-hybridized carbons (Fsp3) is 0.938. The molecular formula is C16H32N2O2. The number of amides is 1. The van der Waals surface area contributed by atoms with Gasteiger partial charge in [-0.1, -0.05) is 19.8 Å². The quantitative estimate of drug-likeness (QED) is 0.777. The van der Waals surface area contributed by atoms with Crippen LogP contribution in [0.3, 0.4) is 0 Å². The zero-order valence-electron chi connectivity index (χ0n) is 13.8. The van der Waals surface area contributed by atoms with E-state index in [0.717, 1.165) is 12.5 Å². The largest absolute Gasteiger partial charge is 0.444 e. The SMILES string of the molecule is CC1CCCC(NCC(C)NC(=O)OC(C)(C)C)CC1. The summed E-state index contributed by atoms with van der Waals surface area (Å²) in [5.74, 6) is 0.860. The molecule has 4 heteroatoms. The van der Waals surface area contributed by atoms with Crippen LogP contribution in [0.25, 0.3) is 0 Å². The fourth-order valence-electron chi connectivity index (χ4n) is 2.59. The van der Waals surface area contributed by atoms with Crippen molar-refractivity contribution in [2.24, 2.45) is 5.92 Å². The van der Waals surface area contributed by atoms with Crippen molar-refractivity contribution in [2.45, 2.75) is 84.4 Å². The second-order valence-electron chi connectivity index (χ2n) is 7.27. The highest BCUT2D eigenvalue weighted by Gasteiger charge is 2.19. The predicted octanol–water partition coefficient (Wildman–Crippen LogP) is 3.46. The lowest BCUT2D eigenvalue weighted by Crippen LogP contribution is -2.44. The lowest BCUT2D eigenvalue weighted by atomic mass is 10.0. The molecule has 1 saturated carbocycles. The zero-order valence-corrected chi connectivity index (χ0v) is 13.8. The molecule has 0 aromatic heterocycles. The molecule has 1 aliphatic carbocycles. The van der Waals surface area contributed by atoms with Crippen LogP contribution in [-0.2, 0) is 4.74 Å². The standard InChI is InChI=1S/C16H32N2O2/c1-12-7-6-8-14(10-9-12)17-11-13(2)18-15(19)20-16(3,4)5/h12-14,17H,6-11H2,1-5H3,(H,18,19). The Morgan fingerprint density at radius 2 is 1.95 bits per heavy atom. The van der Waals surface area contributed by atoms with Crippen molar-refractivity contribution < 1.29 is 9.53 Å². The maximum Gasteiger partial charge on any atom is 0.407 e. The number of hydrogen-bond acceptors (Lipinski definition) is 3. The van der Waals surface area contributed by atoms with Crippen molar-refractivity contribution >= 4 is 6.09 Å². The second-order valence-corrected chi connectivity index (χ2v) is 7.27. The van der Waals surface area contributed by atoms with Crippen LogP contribution in [-0.4, -0.2) is 30.3 Å². The highest BCUT2D eigenvalue weighted by molar-refractivity contribution is 5.68. The van der Waals surface area contributed by atoms with E-state index in [1.54, 1.807) is 0 Å². The normalized spacial score (nSPS) is 25.6. The highest BCUT2D eigenvalue weighted by atomic mass is 16.6. The lowest BCUT2D eigenvalue weighted by Gasteiger charge is -2.23. The minimum absolute atomic E-state index is 0.0885. The summed E-state index contributed by atoms with van der Waals surface area (Å²) in [6, 6.07) is 0.688. The van der Waals surface area contributed by atoms with E-state index < -0.39 is 5.60 Å². The van der Waals surface area contributed by atoms with Crippen molar-refractivity contribution in [3.05, 3.63) is 0 Å². The molecule has 20 heavy (non-hydrogen) atoms. The van der Waals surface area contributed by atoms with Crippen LogP contribution in [0.5, 0.6) is 0 Å². The Balaban J connectivity index is 2.22. The van der Waals surface area contributed by atoms with Crippen molar-refractivity contribution in [1.29, 1.82) is 0 Å². The van der Waals surface area contributed by atoms with Gasteiger partial charge in [-0.2, -0.15) is 0 Å². The number of rotatable bonds is 4. The molecule has 3 atom stereocenters. The van der Waals surface area contributed by atoms with Gasteiger partial charge < -0.3 is 15.4 Å². The van der Waals surface area contributed by atoms with Gasteiger partial charge >= 0.3 is 6.09 Å². The van der Waals surface area contributed by atoms with Crippen molar-refractivity contribution in [1.82, 2.24) is 10.6 Å². The third-order valence-electron chi connectivity index (χ3n) is 3.73. The first-order valence-electron chi connectivity index (χ1n) is 7.99. The fourth-order valence-corrected chi connectivity index (χ4v) is 2.59. The molecule has 0 aromatic carbocycles. The Morgan fingerprint density at radius 1 is 1.25 bits per heavy atom. The first-order valence-corrected chi connectivity index (χ1v) is 7.99. The van der Waals surface area contributed by atoms with E-state index in [1.165, 1.54) is 32.1 Å². The van der Waals surface area contributed by atoms with Crippen LogP contribution in [0.4, 0.5) is 4.79 Å². The highest BCUT2D eigenvalue weighted by Crippen LogP contribution is 2.22. The summed E-state index contributed by atoms with van der Waals surface area (Å²) >= 11 is 0. The van der Waals surface area contributed by atoms with E-state index in [9.17, 15) is 4.79 Å². The summed E-state index contributed by atoms with van der Waals surface area (Å²) < 4.78 is 5.26. The minimum Gasteiger partial charge on any atom is -0.444 e. The molecular weight excluding hydrogens is 252 g/mol. The molecule has 0 bridgehead atoms. The Bertz CT molecular complexity index is 299. The van der Waals surface area contributed by atoms with Gasteiger partial charge in [-0.3, -0.25) is 0 Å². The number of alkyl carbamates (subject to hydrolysis) is 1. The molecule has 2 N–H and O–H groups in total. The Kier molecular flexibility index (Phi) is 6.80. The number of nitrogens with one attached hydrogen (secondary N) is 2. The third-order valence-corrected chi connectivity index (χ3v) is 3.73. The van der Waals surface area contributed by atoms with Crippen molar-refractivity contribution in [3.63, 3.8) is 0 Å². The number of carbonyl (C=O) groups is 1. The summed E-state index contributed by atoms with van der Waals surface area (Å²) in [5, 5.41) is 6.46. The van der Waals surface area contributed by atoms with E-state index >= 15 is 0 Å². The summed E-state index contributed by atoms with van der Waals surface area (Å²) in [6.45, 7) is 10.8. The molecule has 1 aliphatic rings. The van der Waals surface area contributed by atoms with Crippen LogP contribution in [0.2, 0.25) is 0 Å². The monoisotopic (exact) mass is 284 g/mol. The molecule has 1 fully saturated rings. The summed E-state index contributed by atoms with van der Waals surface area (Å²) in [5.41, 5.74) is -0.436. The average molecular weight is 284 g/mol. The number of hydrogen-bond donors (Lipinski definition) is 2. The van der Waals surface area contributed by atoms with Crippen molar-refractivity contribution in [3.8, 4) is 0 Å². The molecule has 0 aliphatic heterocycles. The van der Waals surface area contributed by atoms with Crippen LogP contribution in [0, 0.1) is 5.92 Å². The van der Waals surface area contributed by atoms with Gasteiger partial charge in [-0.25, -0.2) is 4.79 Å². The molecule has 0 aromatic rings. The Labute approximate surface area is 124 Å². The molecule has 1 rings (SSSR count). The first kappa shape index (κ1) is 17.3. The summed E-state index contributed by atoms with van der Waals surface area (Å²) in [6.07, 6.45) is 6.15. The number of ether oxygens (including phenoxy) is 1. The van der Waals surface area contributed by atoms with E-state index in [1.807, 2.05) is 27.7 Å². The smallest absolute Gasteiger partial charge is 0.407 e. The third kappa shape index (κ3) is 7.73. The Hall–Kier alpha value is -0.770. The van der Waals surface area contributed by atoms with Crippen LogP contribution in [0.1, 0.15) is 66.7 Å². The molecule has 4 nitrogen and oxygen atoms in total. The van der Waals surface area contributed by atoms with Crippen LogP contribution in [0.15, 0.2) is 0 Å². The van der Waals surface area contributed by atoms with Gasteiger partial charge in [0.2, 0.25) is 0 Å². The van der Waals surface area contributed by atoms with Gasteiger partial charge in [0, 0.05) is 18.6 Å². The Morgan fingerprint density at radius 3 is 2.60 bits per heavy atom. The van der Waals surface area contributed by atoms with Gasteiger partial charge in [0.15, 0.2) is 0 Å². The molecule has 118 valence electrons.